The van der Waals surface area contributed by atoms with Crippen molar-refractivity contribution in [1.82, 2.24) is 10.3 Å². The van der Waals surface area contributed by atoms with E-state index in [2.05, 4.69) is 17.2 Å². The maximum Gasteiger partial charge on any atom is 0.252 e. The Morgan fingerprint density at radius 3 is 2.95 bits per heavy atom. The molecule has 1 amide bonds. The van der Waals surface area contributed by atoms with Crippen molar-refractivity contribution in [3.8, 4) is 0 Å². The Labute approximate surface area is 115 Å². The molecule has 0 aromatic carbocycles. The third-order valence-corrected chi connectivity index (χ3v) is 3.79. The van der Waals surface area contributed by atoms with Crippen LogP contribution in [0.5, 0.6) is 0 Å². The van der Waals surface area contributed by atoms with Crippen molar-refractivity contribution in [2.24, 2.45) is 0 Å². The molecule has 0 aliphatic rings. The first-order valence-corrected chi connectivity index (χ1v) is 7.11. The normalized spacial score (nSPS) is 12.1. The molecule has 0 saturated heterocycles. The molecule has 0 saturated carbocycles. The minimum Gasteiger partial charge on any atom is -0.344 e. The Balaban J connectivity index is 2.13. The second-order valence-electron chi connectivity index (χ2n) is 4.27. The summed E-state index contributed by atoms with van der Waals surface area (Å²) < 4.78 is 0. The number of hydrogen-bond acceptors (Lipinski definition) is 3. The number of nitrogens with one attached hydrogen (secondary N) is 2. The third-order valence-electron chi connectivity index (χ3n) is 2.81. The summed E-state index contributed by atoms with van der Waals surface area (Å²) in [5.41, 5.74) is 0.122. The van der Waals surface area contributed by atoms with Crippen LogP contribution in [0.25, 0.3) is 0 Å². The van der Waals surface area contributed by atoms with Crippen molar-refractivity contribution < 1.29 is 4.79 Å². The topological polar surface area (TPSA) is 62.0 Å². The number of pyridine rings is 1. The molecular formula is C14H16N2O2S. The highest BCUT2D eigenvalue weighted by Gasteiger charge is 2.15. The Hall–Kier alpha value is -1.88. The molecule has 1 atom stereocenters. The van der Waals surface area contributed by atoms with Crippen LogP contribution in [0.15, 0.2) is 40.6 Å². The Kier molecular flexibility index (Phi) is 4.52. The molecular weight excluding hydrogens is 260 g/mol. The van der Waals surface area contributed by atoms with Crippen LogP contribution in [-0.4, -0.2) is 10.9 Å². The van der Waals surface area contributed by atoms with Crippen LogP contribution in [0, 0.1) is 0 Å². The molecule has 0 spiro atoms. The molecule has 2 rings (SSSR count). The summed E-state index contributed by atoms with van der Waals surface area (Å²) in [7, 11) is 0. The van der Waals surface area contributed by atoms with Gasteiger partial charge in [-0.3, -0.25) is 9.59 Å². The molecule has 2 aromatic rings. The number of carbonyl (C=O) groups is 1. The van der Waals surface area contributed by atoms with Crippen LogP contribution in [0.4, 0.5) is 0 Å². The monoisotopic (exact) mass is 276 g/mol. The Morgan fingerprint density at radius 1 is 1.47 bits per heavy atom. The van der Waals surface area contributed by atoms with E-state index in [1.54, 1.807) is 17.4 Å². The third kappa shape index (κ3) is 3.54. The summed E-state index contributed by atoms with van der Waals surface area (Å²) in [6.07, 6.45) is 3.35. The number of rotatable bonds is 5. The van der Waals surface area contributed by atoms with Crippen molar-refractivity contribution in [2.45, 2.75) is 25.8 Å². The number of H-pyrrole nitrogens is 1. The quantitative estimate of drug-likeness (QED) is 0.882. The molecule has 2 aromatic heterocycles. The first-order valence-electron chi connectivity index (χ1n) is 6.23. The van der Waals surface area contributed by atoms with Gasteiger partial charge in [0.05, 0.1) is 6.04 Å². The summed E-state index contributed by atoms with van der Waals surface area (Å²) in [6, 6.07) is 6.92. The lowest BCUT2D eigenvalue weighted by Crippen LogP contribution is -2.28. The van der Waals surface area contributed by atoms with Crippen LogP contribution in [0.3, 0.4) is 0 Å². The van der Waals surface area contributed by atoms with Crippen LogP contribution in [0.1, 0.15) is 41.0 Å². The molecule has 0 fully saturated rings. The molecule has 0 radical (unpaired) electrons. The fourth-order valence-electron chi connectivity index (χ4n) is 1.89. The zero-order valence-electron chi connectivity index (χ0n) is 10.7. The highest BCUT2D eigenvalue weighted by Crippen LogP contribution is 2.23. The first-order chi connectivity index (χ1) is 9.20. The molecule has 4 nitrogen and oxygen atoms in total. The number of hydrogen-bond donors (Lipinski definition) is 2. The van der Waals surface area contributed by atoms with E-state index < -0.39 is 0 Å². The second-order valence-corrected chi connectivity index (χ2v) is 5.25. The Bertz CT molecular complexity index is 589. The van der Waals surface area contributed by atoms with E-state index in [1.165, 1.54) is 12.3 Å². The van der Waals surface area contributed by atoms with Crippen molar-refractivity contribution in [1.29, 1.82) is 0 Å². The average Bonchev–Trinajstić information content (AvgIpc) is 2.92. The molecule has 100 valence electrons. The van der Waals surface area contributed by atoms with Crippen LogP contribution in [-0.2, 0) is 0 Å². The van der Waals surface area contributed by atoms with Crippen LogP contribution < -0.4 is 10.9 Å². The molecule has 2 N–H and O–H groups in total. The standard InChI is InChI=1S/C14H16N2O2S/c1-2-4-11(12-5-3-8-19-12)16-14(18)10-6-7-15-13(17)9-10/h3,5-9,11H,2,4H2,1H3,(H,15,17)(H,16,18). The van der Waals surface area contributed by atoms with Gasteiger partial charge in [-0.2, -0.15) is 0 Å². The zero-order valence-corrected chi connectivity index (χ0v) is 11.5. The van der Waals surface area contributed by atoms with Gasteiger partial charge >= 0.3 is 0 Å². The minimum absolute atomic E-state index is 0.0109. The molecule has 5 heteroatoms. The molecule has 0 aliphatic heterocycles. The number of aromatic nitrogens is 1. The lowest BCUT2D eigenvalue weighted by atomic mass is 10.1. The van der Waals surface area contributed by atoms with E-state index in [-0.39, 0.29) is 17.5 Å². The van der Waals surface area contributed by atoms with E-state index in [9.17, 15) is 9.59 Å². The van der Waals surface area contributed by atoms with Gasteiger partial charge in [0.25, 0.3) is 5.91 Å². The van der Waals surface area contributed by atoms with E-state index in [1.807, 2.05) is 17.5 Å². The molecule has 0 aliphatic carbocycles. The number of amides is 1. The SMILES string of the molecule is CCCC(NC(=O)c1cc[nH]c(=O)c1)c1cccs1. The zero-order chi connectivity index (χ0) is 13.7. The average molecular weight is 276 g/mol. The fourth-order valence-corrected chi connectivity index (χ4v) is 2.70. The lowest BCUT2D eigenvalue weighted by Gasteiger charge is -2.16. The predicted octanol–water partition coefficient (Wildman–Crippen LogP) is 2.71. The lowest BCUT2D eigenvalue weighted by molar-refractivity contribution is 0.0935. The number of thiophene rings is 1. The highest BCUT2D eigenvalue weighted by atomic mass is 32.1. The van der Waals surface area contributed by atoms with Crippen LogP contribution >= 0.6 is 11.3 Å². The van der Waals surface area contributed by atoms with Gasteiger partial charge in [-0.15, -0.1) is 11.3 Å². The first kappa shape index (κ1) is 13.5. The smallest absolute Gasteiger partial charge is 0.252 e. The van der Waals surface area contributed by atoms with Crippen molar-refractivity contribution in [3.05, 3.63) is 56.6 Å². The maximum absolute atomic E-state index is 12.1. The van der Waals surface area contributed by atoms with Crippen molar-refractivity contribution in [3.63, 3.8) is 0 Å². The number of aromatic amines is 1. The van der Waals surface area contributed by atoms with Crippen molar-refractivity contribution in [2.75, 3.05) is 0 Å². The van der Waals surface area contributed by atoms with Gasteiger partial charge < -0.3 is 10.3 Å². The van der Waals surface area contributed by atoms with Gasteiger partial charge in [0, 0.05) is 22.7 Å². The maximum atomic E-state index is 12.1. The summed E-state index contributed by atoms with van der Waals surface area (Å²) in [5, 5.41) is 4.98. The van der Waals surface area contributed by atoms with E-state index in [4.69, 9.17) is 0 Å². The molecule has 1 unspecified atom stereocenters. The van der Waals surface area contributed by atoms with E-state index in [0.717, 1.165) is 17.7 Å². The van der Waals surface area contributed by atoms with Crippen LogP contribution in [0.2, 0.25) is 0 Å². The summed E-state index contributed by atoms with van der Waals surface area (Å²) in [5.74, 6) is -0.210. The summed E-state index contributed by atoms with van der Waals surface area (Å²) >= 11 is 1.63. The summed E-state index contributed by atoms with van der Waals surface area (Å²) in [6.45, 7) is 2.08. The minimum atomic E-state index is -0.268. The van der Waals surface area contributed by atoms with Gasteiger partial charge in [0.1, 0.15) is 0 Å². The number of carbonyl (C=O) groups excluding carboxylic acids is 1. The molecule has 2 heterocycles. The largest absolute Gasteiger partial charge is 0.344 e. The highest BCUT2D eigenvalue weighted by molar-refractivity contribution is 7.10. The molecule has 19 heavy (non-hydrogen) atoms. The van der Waals surface area contributed by atoms with Gasteiger partial charge in [-0.1, -0.05) is 19.4 Å². The predicted molar refractivity (Wildman–Crippen MR) is 76.5 cm³/mol. The molecule has 0 bridgehead atoms. The van der Waals surface area contributed by atoms with Gasteiger partial charge in [0.15, 0.2) is 0 Å². The Morgan fingerprint density at radius 2 is 2.32 bits per heavy atom. The van der Waals surface area contributed by atoms with Crippen molar-refractivity contribution >= 4 is 17.2 Å². The van der Waals surface area contributed by atoms with E-state index in [0.29, 0.717) is 5.56 Å². The second kappa shape index (κ2) is 6.33. The van der Waals surface area contributed by atoms with E-state index >= 15 is 0 Å². The summed E-state index contributed by atoms with van der Waals surface area (Å²) in [4.78, 5) is 27.0. The van der Waals surface area contributed by atoms with Gasteiger partial charge in [0.2, 0.25) is 5.56 Å². The van der Waals surface area contributed by atoms with Gasteiger partial charge in [-0.25, -0.2) is 0 Å². The fraction of sp³-hybridized carbons (Fsp3) is 0.286. The van der Waals surface area contributed by atoms with Gasteiger partial charge in [-0.05, 0) is 23.9 Å².